The summed E-state index contributed by atoms with van der Waals surface area (Å²) in [5.41, 5.74) is 6.57. The number of nitrogens with two attached hydrogens (primary N) is 1. The normalized spacial score (nSPS) is 13.3. The number of amides is 3. The summed E-state index contributed by atoms with van der Waals surface area (Å²) in [6.07, 6.45) is 0.202. The molecule has 0 unspecified atom stereocenters. The molecule has 9 heteroatoms. The van der Waals surface area contributed by atoms with Gasteiger partial charge in [0.25, 0.3) is 0 Å². The first-order chi connectivity index (χ1) is 14.4. The molecule has 174 valence electrons. The zero-order valence-corrected chi connectivity index (χ0v) is 19.0. The number of rotatable bonds is 10. The Bertz CT molecular complexity index is 728. The van der Waals surface area contributed by atoms with Gasteiger partial charge in [-0.05, 0) is 57.2 Å². The van der Waals surface area contributed by atoms with Crippen LogP contribution < -0.4 is 21.7 Å². The van der Waals surface area contributed by atoms with Crippen molar-refractivity contribution < 1.29 is 24.2 Å². The van der Waals surface area contributed by atoms with Crippen molar-refractivity contribution in [2.24, 2.45) is 11.7 Å². The maximum absolute atomic E-state index is 12.8. The number of nitrogens with one attached hydrogen (secondary N) is 3. The molecule has 9 nitrogen and oxygen atoms in total. The molecule has 0 saturated carbocycles. The second kappa shape index (κ2) is 12.3. The fourth-order valence-corrected chi connectivity index (χ4v) is 2.57. The molecular formula is C22H36N4O5. The first-order valence-electron chi connectivity index (χ1n) is 10.5. The van der Waals surface area contributed by atoms with Gasteiger partial charge in [0.1, 0.15) is 11.6 Å². The Morgan fingerprint density at radius 2 is 1.71 bits per heavy atom. The van der Waals surface area contributed by atoms with Gasteiger partial charge in [-0.3, -0.25) is 9.59 Å². The standard InChI is InChI=1S/C22H36N4O5/c1-14(2)18(23)20(29)26-17(7-6-12-24-21(30)31-22(3,4)5)19(28)25-16-10-8-15(13-27)9-11-16/h8-11,14,17-18,27H,6-7,12-13,23H2,1-5H3,(H,24,30)(H,25,28)(H,26,29)/t17-,18-/m0/s1. The monoisotopic (exact) mass is 436 g/mol. The summed E-state index contributed by atoms with van der Waals surface area (Å²) in [5, 5.41) is 17.2. The summed E-state index contributed by atoms with van der Waals surface area (Å²) >= 11 is 0. The number of carbonyl (C=O) groups is 3. The van der Waals surface area contributed by atoms with Crippen molar-refractivity contribution in [3.05, 3.63) is 29.8 Å². The Morgan fingerprint density at radius 1 is 1.10 bits per heavy atom. The average Bonchev–Trinajstić information content (AvgIpc) is 2.68. The van der Waals surface area contributed by atoms with Crippen LogP contribution in [0.3, 0.4) is 0 Å². The molecular weight excluding hydrogens is 400 g/mol. The second-order valence-corrected chi connectivity index (χ2v) is 8.75. The molecule has 0 spiro atoms. The van der Waals surface area contributed by atoms with Crippen molar-refractivity contribution in [2.45, 2.75) is 71.8 Å². The zero-order valence-electron chi connectivity index (χ0n) is 19.0. The Kier molecular flexibility index (Phi) is 10.4. The molecule has 0 aromatic heterocycles. The topological polar surface area (TPSA) is 143 Å². The van der Waals surface area contributed by atoms with Crippen LogP contribution in [0, 0.1) is 5.92 Å². The summed E-state index contributed by atoms with van der Waals surface area (Å²) in [5.74, 6) is -0.882. The van der Waals surface area contributed by atoms with Crippen LogP contribution in [-0.2, 0) is 20.9 Å². The molecule has 6 N–H and O–H groups in total. The highest BCUT2D eigenvalue weighted by Gasteiger charge is 2.25. The lowest BCUT2D eigenvalue weighted by Crippen LogP contribution is -2.51. The van der Waals surface area contributed by atoms with E-state index in [1.807, 2.05) is 13.8 Å². The lowest BCUT2D eigenvalue weighted by molar-refractivity contribution is -0.128. The van der Waals surface area contributed by atoms with Crippen molar-refractivity contribution in [1.82, 2.24) is 10.6 Å². The van der Waals surface area contributed by atoms with Crippen molar-refractivity contribution >= 4 is 23.6 Å². The maximum Gasteiger partial charge on any atom is 0.407 e. The molecule has 0 radical (unpaired) electrons. The lowest BCUT2D eigenvalue weighted by atomic mass is 10.0. The van der Waals surface area contributed by atoms with Crippen LogP contribution in [0.5, 0.6) is 0 Å². The summed E-state index contributed by atoms with van der Waals surface area (Å²) in [4.78, 5) is 36.9. The summed E-state index contributed by atoms with van der Waals surface area (Å²) in [6.45, 7) is 9.16. The van der Waals surface area contributed by atoms with E-state index in [-0.39, 0.29) is 19.1 Å². The van der Waals surface area contributed by atoms with Crippen LogP contribution in [-0.4, -0.2) is 47.2 Å². The molecule has 0 bridgehead atoms. The van der Waals surface area contributed by atoms with Gasteiger partial charge in [-0.25, -0.2) is 4.79 Å². The van der Waals surface area contributed by atoms with Gasteiger partial charge in [-0.15, -0.1) is 0 Å². The van der Waals surface area contributed by atoms with Crippen molar-refractivity contribution in [3.63, 3.8) is 0 Å². The Balaban J connectivity index is 2.72. The number of aliphatic hydroxyl groups excluding tert-OH is 1. The van der Waals surface area contributed by atoms with Crippen LogP contribution in [0.4, 0.5) is 10.5 Å². The summed E-state index contributed by atoms with van der Waals surface area (Å²) < 4.78 is 5.18. The molecule has 2 atom stereocenters. The molecule has 0 aliphatic carbocycles. The first kappa shape index (κ1) is 26.4. The van der Waals surface area contributed by atoms with E-state index in [0.717, 1.165) is 5.56 Å². The fourth-order valence-electron chi connectivity index (χ4n) is 2.57. The predicted octanol–water partition coefficient (Wildman–Crippen LogP) is 1.89. The van der Waals surface area contributed by atoms with E-state index in [1.165, 1.54) is 0 Å². The summed E-state index contributed by atoms with van der Waals surface area (Å²) in [6, 6.07) is 5.18. The largest absolute Gasteiger partial charge is 0.444 e. The highest BCUT2D eigenvalue weighted by molar-refractivity contribution is 5.97. The zero-order chi connectivity index (χ0) is 23.6. The number of carbonyl (C=O) groups excluding carboxylic acids is 3. The van der Waals surface area contributed by atoms with Gasteiger partial charge >= 0.3 is 6.09 Å². The Labute approximate surface area is 184 Å². The molecule has 0 aliphatic rings. The highest BCUT2D eigenvalue weighted by Crippen LogP contribution is 2.12. The minimum Gasteiger partial charge on any atom is -0.444 e. The van der Waals surface area contributed by atoms with E-state index >= 15 is 0 Å². The third-order valence-electron chi connectivity index (χ3n) is 4.40. The van der Waals surface area contributed by atoms with Gasteiger partial charge < -0.3 is 31.5 Å². The van der Waals surface area contributed by atoms with Crippen LogP contribution in [0.1, 0.15) is 53.0 Å². The van der Waals surface area contributed by atoms with Crippen molar-refractivity contribution in [1.29, 1.82) is 0 Å². The second-order valence-electron chi connectivity index (χ2n) is 8.75. The van der Waals surface area contributed by atoms with Crippen molar-refractivity contribution in [2.75, 3.05) is 11.9 Å². The number of ether oxygens (including phenoxy) is 1. The number of anilines is 1. The molecule has 3 amide bonds. The first-order valence-corrected chi connectivity index (χ1v) is 10.5. The van der Waals surface area contributed by atoms with Gasteiger partial charge in [0.2, 0.25) is 11.8 Å². The van der Waals surface area contributed by atoms with Crippen molar-refractivity contribution in [3.8, 4) is 0 Å². The molecule has 0 aliphatic heterocycles. The predicted molar refractivity (Wildman–Crippen MR) is 119 cm³/mol. The number of hydrogen-bond acceptors (Lipinski definition) is 6. The average molecular weight is 437 g/mol. The number of aliphatic hydroxyl groups is 1. The number of benzene rings is 1. The van der Waals surface area contributed by atoms with Gasteiger partial charge in [0.15, 0.2) is 0 Å². The quantitative estimate of drug-likeness (QED) is 0.355. The van der Waals surface area contributed by atoms with Gasteiger partial charge in [0.05, 0.1) is 12.6 Å². The van der Waals surface area contributed by atoms with E-state index < -0.39 is 35.6 Å². The van der Waals surface area contributed by atoms with Gasteiger partial charge in [0, 0.05) is 12.2 Å². The molecule has 1 aromatic carbocycles. The molecule has 0 fully saturated rings. The third-order valence-corrected chi connectivity index (χ3v) is 4.40. The van der Waals surface area contributed by atoms with Gasteiger partial charge in [-0.1, -0.05) is 26.0 Å². The smallest absolute Gasteiger partial charge is 0.407 e. The SMILES string of the molecule is CC(C)[C@H](N)C(=O)N[C@@H](CCCNC(=O)OC(C)(C)C)C(=O)Nc1ccc(CO)cc1. The molecule has 31 heavy (non-hydrogen) atoms. The molecule has 0 heterocycles. The van der Waals surface area contributed by atoms with Crippen LogP contribution in [0.15, 0.2) is 24.3 Å². The summed E-state index contributed by atoms with van der Waals surface area (Å²) in [7, 11) is 0. The maximum atomic E-state index is 12.8. The molecule has 0 saturated heterocycles. The van der Waals surface area contributed by atoms with Crippen LogP contribution >= 0.6 is 0 Å². The highest BCUT2D eigenvalue weighted by atomic mass is 16.6. The molecule has 1 rings (SSSR count). The Hall–Kier alpha value is -2.65. The van der Waals surface area contributed by atoms with E-state index in [9.17, 15) is 14.4 Å². The molecule has 1 aromatic rings. The minimum atomic E-state index is -0.824. The minimum absolute atomic E-state index is 0.0800. The number of alkyl carbamates (subject to hydrolysis) is 1. The van der Waals surface area contributed by atoms with Crippen LogP contribution in [0.2, 0.25) is 0 Å². The van der Waals surface area contributed by atoms with E-state index in [0.29, 0.717) is 18.5 Å². The third kappa shape index (κ3) is 10.3. The van der Waals surface area contributed by atoms with Gasteiger partial charge in [-0.2, -0.15) is 0 Å². The van der Waals surface area contributed by atoms with E-state index in [1.54, 1.807) is 45.0 Å². The van der Waals surface area contributed by atoms with Crippen LogP contribution in [0.25, 0.3) is 0 Å². The Morgan fingerprint density at radius 3 is 2.23 bits per heavy atom. The van der Waals surface area contributed by atoms with E-state index in [4.69, 9.17) is 15.6 Å². The van der Waals surface area contributed by atoms with E-state index in [2.05, 4.69) is 16.0 Å². The number of hydrogen-bond donors (Lipinski definition) is 5. The lowest BCUT2D eigenvalue weighted by Gasteiger charge is -2.23. The fraction of sp³-hybridized carbons (Fsp3) is 0.591.